The van der Waals surface area contributed by atoms with Crippen LogP contribution in [-0.2, 0) is 9.84 Å². The van der Waals surface area contributed by atoms with Gasteiger partial charge in [0.05, 0.1) is 6.04 Å². The summed E-state index contributed by atoms with van der Waals surface area (Å²) in [6.45, 7) is 0. The van der Waals surface area contributed by atoms with Crippen molar-refractivity contribution in [1.82, 2.24) is 14.8 Å². The van der Waals surface area contributed by atoms with E-state index in [0.717, 1.165) is 5.56 Å². The second-order valence-electron chi connectivity index (χ2n) is 5.66. The number of nitrogens with zero attached hydrogens (tertiary/aromatic N) is 3. The largest absolute Gasteiger partial charge is 0.267 e. The lowest BCUT2D eigenvalue weighted by Gasteiger charge is -2.11. The van der Waals surface area contributed by atoms with Crippen molar-refractivity contribution in [3.63, 3.8) is 0 Å². The number of sulfone groups is 1. The van der Waals surface area contributed by atoms with E-state index in [1.807, 2.05) is 30.3 Å². The molecule has 0 saturated heterocycles. The molecular formula is C14H13F2N3O2S. The molecule has 1 aliphatic heterocycles. The Bertz CT molecular complexity index is 822. The SMILES string of the molecule is O=S(=O)(c1nc2n(n1)[C@H](c1ccccc1)C[C@@H]2F)[C@H]1C[C@@H]1F. The molecule has 1 saturated carbocycles. The molecule has 4 rings (SSSR count). The maximum Gasteiger partial charge on any atom is 0.267 e. The number of benzene rings is 1. The molecule has 5 nitrogen and oxygen atoms in total. The van der Waals surface area contributed by atoms with Crippen molar-refractivity contribution in [3.05, 3.63) is 41.7 Å². The summed E-state index contributed by atoms with van der Waals surface area (Å²) in [6, 6.07) is 8.78. The molecule has 2 heterocycles. The monoisotopic (exact) mass is 325 g/mol. The quantitative estimate of drug-likeness (QED) is 0.867. The molecule has 8 heteroatoms. The van der Waals surface area contributed by atoms with Gasteiger partial charge in [0.25, 0.3) is 5.16 Å². The number of alkyl halides is 2. The molecule has 2 aromatic rings. The van der Waals surface area contributed by atoms with Crippen LogP contribution in [0.15, 0.2) is 35.5 Å². The zero-order valence-electron chi connectivity index (χ0n) is 11.4. The van der Waals surface area contributed by atoms with E-state index in [1.165, 1.54) is 4.68 Å². The van der Waals surface area contributed by atoms with E-state index in [-0.39, 0.29) is 24.7 Å². The van der Waals surface area contributed by atoms with Crippen LogP contribution in [0.4, 0.5) is 8.78 Å². The third-order valence-electron chi connectivity index (χ3n) is 4.14. The molecule has 0 radical (unpaired) electrons. The van der Waals surface area contributed by atoms with Gasteiger partial charge in [-0.1, -0.05) is 30.3 Å². The van der Waals surface area contributed by atoms with Crippen molar-refractivity contribution in [1.29, 1.82) is 0 Å². The van der Waals surface area contributed by atoms with Crippen LogP contribution in [0.3, 0.4) is 0 Å². The number of rotatable bonds is 3. The van der Waals surface area contributed by atoms with Crippen molar-refractivity contribution in [2.75, 3.05) is 0 Å². The molecule has 22 heavy (non-hydrogen) atoms. The number of hydrogen-bond acceptors (Lipinski definition) is 4. The first-order valence-corrected chi connectivity index (χ1v) is 8.56. The first-order valence-electron chi connectivity index (χ1n) is 7.02. The third-order valence-corrected chi connectivity index (χ3v) is 6.11. The molecule has 1 fully saturated rings. The topological polar surface area (TPSA) is 64.8 Å². The third kappa shape index (κ3) is 1.97. The van der Waals surface area contributed by atoms with E-state index in [0.29, 0.717) is 0 Å². The Morgan fingerprint density at radius 1 is 1.14 bits per heavy atom. The van der Waals surface area contributed by atoms with E-state index in [1.54, 1.807) is 0 Å². The van der Waals surface area contributed by atoms with Gasteiger partial charge in [0.1, 0.15) is 11.4 Å². The molecule has 0 bridgehead atoms. The summed E-state index contributed by atoms with van der Waals surface area (Å²) in [5.74, 6) is 0.00323. The second-order valence-corrected chi connectivity index (χ2v) is 7.72. The Labute approximate surface area is 125 Å². The Kier molecular flexibility index (Phi) is 2.87. The lowest BCUT2D eigenvalue weighted by atomic mass is 10.0. The Morgan fingerprint density at radius 2 is 1.82 bits per heavy atom. The Hall–Kier alpha value is -1.83. The van der Waals surface area contributed by atoms with Gasteiger partial charge >= 0.3 is 0 Å². The highest BCUT2D eigenvalue weighted by Gasteiger charge is 2.51. The Balaban J connectivity index is 1.75. The molecule has 1 aliphatic carbocycles. The van der Waals surface area contributed by atoms with Crippen LogP contribution in [0.1, 0.15) is 36.4 Å². The lowest BCUT2D eigenvalue weighted by Crippen LogP contribution is -2.14. The van der Waals surface area contributed by atoms with Gasteiger partial charge in [-0.05, 0) is 12.0 Å². The first-order chi connectivity index (χ1) is 10.5. The Morgan fingerprint density at radius 3 is 2.45 bits per heavy atom. The second kappa shape index (κ2) is 4.58. The molecule has 4 atom stereocenters. The minimum atomic E-state index is -3.91. The highest BCUT2D eigenvalue weighted by molar-refractivity contribution is 7.92. The smallest absolute Gasteiger partial charge is 0.246 e. The molecule has 0 N–H and O–H groups in total. The fourth-order valence-electron chi connectivity index (χ4n) is 2.83. The van der Waals surface area contributed by atoms with Crippen LogP contribution < -0.4 is 0 Å². The standard InChI is InChI=1S/C14H13F2N3O2S/c15-9-7-12(9)22(20,21)14-17-13-10(16)6-11(19(13)18-14)8-4-2-1-3-5-8/h1-5,9-12H,6-7H2/t9-,10-,11-,12-/m0/s1. The maximum absolute atomic E-state index is 14.2. The van der Waals surface area contributed by atoms with Gasteiger partial charge < -0.3 is 0 Å². The predicted molar refractivity (Wildman–Crippen MR) is 73.6 cm³/mol. The minimum absolute atomic E-state index is 0.00323. The minimum Gasteiger partial charge on any atom is -0.246 e. The average molecular weight is 325 g/mol. The summed E-state index contributed by atoms with van der Waals surface area (Å²) in [4.78, 5) is 3.84. The van der Waals surface area contributed by atoms with Crippen LogP contribution in [0.25, 0.3) is 0 Å². The summed E-state index contributed by atoms with van der Waals surface area (Å²) < 4.78 is 52.9. The van der Waals surface area contributed by atoms with Crippen LogP contribution in [0, 0.1) is 0 Å². The first kappa shape index (κ1) is 13.8. The van der Waals surface area contributed by atoms with Gasteiger partial charge in [-0.25, -0.2) is 21.9 Å². The predicted octanol–water partition coefficient (Wildman–Crippen LogP) is 2.17. The van der Waals surface area contributed by atoms with E-state index < -0.39 is 32.6 Å². The van der Waals surface area contributed by atoms with Crippen molar-refractivity contribution in [2.24, 2.45) is 0 Å². The van der Waals surface area contributed by atoms with Crippen molar-refractivity contribution < 1.29 is 17.2 Å². The van der Waals surface area contributed by atoms with Gasteiger partial charge in [0.15, 0.2) is 12.0 Å². The summed E-state index contributed by atoms with van der Waals surface area (Å²) in [5.41, 5.74) is 0.840. The van der Waals surface area contributed by atoms with Crippen LogP contribution >= 0.6 is 0 Å². The number of aromatic nitrogens is 3. The molecule has 116 valence electrons. The lowest BCUT2D eigenvalue weighted by molar-refractivity contribution is 0.326. The zero-order valence-corrected chi connectivity index (χ0v) is 12.2. The van der Waals surface area contributed by atoms with E-state index in [4.69, 9.17) is 0 Å². The fourth-order valence-corrected chi connectivity index (χ4v) is 4.35. The van der Waals surface area contributed by atoms with Crippen molar-refractivity contribution in [2.45, 2.75) is 41.6 Å². The van der Waals surface area contributed by atoms with Gasteiger partial charge in [0.2, 0.25) is 9.84 Å². The summed E-state index contributed by atoms with van der Waals surface area (Å²) >= 11 is 0. The number of halogens is 2. The zero-order chi connectivity index (χ0) is 15.5. The van der Waals surface area contributed by atoms with Gasteiger partial charge in [-0.2, -0.15) is 4.98 Å². The maximum atomic E-state index is 14.2. The highest BCUT2D eigenvalue weighted by Crippen LogP contribution is 2.41. The molecule has 0 unspecified atom stereocenters. The number of hydrogen-bond donors (Lipinski definition) is 0. The molecule has 0 spiro atoms. The van der Waals surface area contributed by atoms with Crippen molar-refractivity contribution in [3.8, 4) is 0 Å². The van der Waals surface area contributed by atoms with Gasteiger partial charge in [-0.15, -0.1) is 5.10 Å². The van der Waals surface area contributed by atoms with E-state index in [2.05, 4.69) is 10.1 Å². The number of fused-ring (bicyclic) bond motifs is 1. The summed E-state index contributed by atoms with van der Waals surface area (Å²) in [5, 5.41) is 2.44. The molecule has 1 aromatic heterocycles. The average Bonchev–Trinajstić information content (AvgIpc) is 2.97. The highest BCUT2D eigenvalue weighted by atomic mass is 32.2. The van der Waals surface area contributed by atoms with Crippen LogP contribution in [-0.4, -0.2) is 34.6 Å². The fraction of sp³-hybridized carbons (Fsp3) is 0.429. The normalized spacial score (nSPS) is 30.3. The molecule has 1 aromatic carbocycles. The van der Waals surface area contributed by atoms with E-state index in [9.17, 15) is 17.2 Å². The molecule has 2 aliphatic rings. The summed E-state index contributed by atoms with van der Waals surface area (Å²) in [7, 11) is -3.91. The van der Waals surface area contributed by atoms with Crippen molar-refractivity contribution >= 4 is 9.84 Å². The molecule has 0 amide bonds. The molecular weight excluding hydrogens is 312 g/mol. The summed E-state index contributed by atoms with van der Waals surface area (Å²) in [6.07, 6.45) is -2.60. The van der Waals surface area contributed by atoms with Crippen LogP contribution in [0.5, 0.6) is 0 Å². The van der Waals surface area contributed by atoms with E-state index >= 15 is 0 Å². The van der Waals surface area contributed by atoms with Crippen LogP contribution in [0.2, 0.25) is 0 Å². The van der Waals surface area contributed by atoms with Gasteiger partial charge in [0, 0.05) is 6.42 Å². The van der Waals surface area contributed by atoms with Gasteiger partial charge in [-0.3, -0.25) is 0 Å².